The van der Waals surface area contributed by atoms with E-state index < -0.39 is 0 Å². The van der Waals surface area contributed by atoms with Crippen LogP contribution >= 0.6 is 0 Å². The van der Waals surface area contributed by atoms with Gasteiger partial charge in [-0.25, -0.2) is 0 Å². The van der Waals surface area contributed by atoms with Gasteiger partial charge in [0.1, 0.15) is 0 Å². The van der Waals surface area contributed by atoms with Crippen LogP contribution in [0.5, 0.6) is 0 Å². The predicted molar refractivity (Wildman–Crippen MR) is 40.0 cm³/mol. The summed E-state index contributed by atoms with van der Waals surface area (Å²) >= 11 is 0. The minimum absolute atomic E-state index is 0.202. The van der Waals surface area contributed by atoms with Crippen molar-refractivity contribution in [1.29, 1.82) is 0 Å². The number of ether oxygens (including phenoxy) is 1. The lowest BCUT2D eigenvalue weighted by atomic mass is 10.0. The molecule has 4 nitrogen and oxygen atoms in total. The number of hydrogen-bond donors (Lipinski definition) is 0. The Hall–Kier alpha value is -0.730. The zero-order valence-corrected chi connectivity index (χ0v) is 6.36. The van der Waals surface area contributed by atoms with Crippen molar-refractivity contribution in [2.45, 2.75) is 25.4 Å². The molecule has 2 fully saturated rings. The lowest BCUT2D eigenvalue weighted by molar-refractivity contribution is 0.111. The Bertz CT molecular complexity index is 206. The van der Waals surface area contributed by atoms with Crippen LogP contribution in [0.15, 0.2) is 5.11 Å². The van der Waals surface area contributed by atoms with Gasteiger partial charge in [-0.05, 0) is 30.2 Å². The zero-order chi connectivity index (χ0) is 7.73. The second-order valence-corrected chi connectivity index (χ2v) is 3.55. The van der Waals surface area contributed by atoms with Gasteiger partial charge in [-0.2, -0.15) is 0 Å². The first kappa shape index (κ1) is 6.95. The Labute approximate surface area is 65.2 Å². The number of rotatable bonds is 2. The Morgan fingerprint density at radius 2 is 2.45 bits per heavy atom. The molecule has 11 heavy (non-hydrogen) atoms. The average molecular weight is 153 g/mol. The molecule has 0 unspecified atom stereocenters. The van der Waals surface area contributed by atoms with Gasteiger partial charge in [0.15, 0.2) is 0 Å². The Morgan fingerprint density at radius 3 is 3.00 bits per heavy atom. The number of nitrogens with zero attached hydrogens (tertiary/aromatic N) is 3. The van der Waals surface area contributed by atoms with Crippen LogP contribution in [-0.4, -0.2) is 19.3 Å². The number of hydrogen-bond acceptors (Lipinski definition) is 2. The predicted octanol–water partition coefficient (Wildman–Crippen LogP) is 1.87. The summed E-state index contributed by atoms with van der Waals surface area (Å²) in [5, 5.41) is 3.50. The molecule has 1 aliphatic carbocycles. The lowest BCUT2D eigenvalue weighted by Crippen LogP contribution is -2.08. The third-order valence-electron chi connectivity index (χ3n) is 2.59. The van der Waals surface area contributed by atoms with Gasteiger partial charge in [0, 0.05) is 4.91 Å². The van der Waals surface area contributed by atoms with Crippen molar-refractivity contribution in [3.8, 4) is 0 Å². The molecule has 1 spiro atoms. The third kappa shape index (κ3) is 1.32. The van der Waals surface area contributed by atoms with Crippen LogP contribution in [0.3, 0.4) is 0 Å². The van der Waals surface area contributed by atoms with E-state index in [0.29, 0.717) is 12.0 Å². The molecule has 0 amide bonds. The maximum Gasteiger partial charge on any atom is 0.0637 e. The van der Waals surface area contributed by atoms with E-state index in [1.807, 2.05) is 0 Å². The molecular weight excluding hydrogens is 142 g/mol. The van der Waals surface area contributed by atoms with E-state index in [9.17, 15) is 0 Å². The minimum Gasteiger partial charge on any atom is -0.377 e. The summed E-state index contributed by atoms with van der Waals surface area (Å²) in [7, 11) is 0. The molecule has 0 aromatic carbocycles. The molecule has 1 atom stereocenters. The van der Waals surface area contributed by atoms with E-state index in [-0.39, 0.29) is 6.10 Å². The van der Waals surface area contributed by atoms with Crippen molar-refractivity contribution in [3.63, 3.8) is 0 Å². The molecule has 60 valence electrons. The number of azide groups is 1. The summed E-state index contributed by atoms with van der Waals surface area (Å²) in [5.41, 5.74) is 8.58. The SMILES string of the molecule is [N-]=[N+]=NC[C@H]1CC2(CC2)CO1. The molecule has 0 aromatic heterocycles. The van der Waals surface area contributed by atoms with Crippen LogP contribution < -0.4 is 0 Å². The highest BCUT2D eigenvalue weighted by Crippen LogP contribution is 2.53. The summed E-state index contributed by atoms with van der Waals surface area (Å²) in [6.07, 6.45) is 3.92. The first-order valence-corrected chi connectivity index (χ1v) is 3.97. The second-order valence-electron chi connectivity index (χ2n) is 3.55. The van der Waals surface area contributed by atoms with Crippen LogP contribution in [0.25, 0.3) is 10.4 Å². The molecule has 0 N–H and O–H groups in total. The minimum atomic E-state index is 0.202. The zero-order valence-electron chi connectivity index (χ0n) is 6.36. The Kier molecular flexibility index (Phi) is 1.51. The first-order chi connectivity index (χ1) is 5.35. The summed E-state index contributed by atoms with van der Waals surface area (Å²) < 4.78 is 5.47. The van der Waals surface area contributed by atoms with Gasteiger partial charge in [0.2, 0.25) is 0 Å². The monoisotopic (exact) mass is 153 g/mol. The van der Waals surface area contributed by atoms with Gasteiger partial charge in [-0.1, -0.05) is 5.11 Å². The molecule has 1 heterocycles. The van der Waals surface area contributed by atoms with Crippen molar-refractivity contribution in [2.24, 2.45) is 10.5 Å². The van der Waals surface area contributed by atoms with Gasteiger partial charge in [0.25, 0.3) is 0 Å². The quantitative estimate of drug-likeness (QED) is 0.339. The van der Waals surface area contributed by atoms with Crippen molar-refractivity contribution in [1.82, 2.24) is 0 Å². The van der Waals surface area contributed by atoms with Crippen molar-refractivity contribution in [2.75, 3.05) is 13.2 Å². The van der Waals surface area contributed by atoms with E-state index in [1.54, 1.807) is 0 Å². The summed E-state index contributed by atoms with van der Waals surface area (Å²) in [4.78, 5) is 2.71. The van der Waals surface area contributed by atoms with Crippen molar-refractivity contribution in [3.05, 3.63) is 10.4 Å². The van der Waals surface area contributed by atoms with Crippen molar-refractivity contribution < 1.29 is 4.74 Å². The summed E-state index contributed by atoms with van der Waals surface area (Å²) in [6, 6.07) is 0. The van der Waals surface area contributed by atoms with Crippen LogP contribution in [-0.2, 0) is 4.74 Å². The van der Waals surface area contributed by atoms with Gasteiger partial charge in [0.05, 0.1) is 19.3 Å². The molecule has 0 aromatic rings. The highest BCUT2D eigenvalue weighted by atomic mass is 16.5. The Balaban J connectivity index is 1.84. The molecule has 1 saturated carbocycles. The summed E-state index contributed by atoms with van der Waals surface area (Å²) in [6.45, 7) is 1.40. The van der Waals surface area contributed by atoms with Crippen LogP contribution in [0.1, 0.15) is 19.3 Å². The molecule has 0 bridgehead atoms. The smallest absolute Gasteiger partial charge is 0.0637 e. The van der Waals surface area contributed by atoms with Crippen LogP contribution in [0, 0.1) is 5.41 Å². The third-order valence-corrected chi connectivity index (χ3v) is 2.59. The van der Waals surface area contributed by atoms with E-state index in [4.69, 9.17) is 10.3 Å². The van der Waals surface area contributed by atoms with Gasteiger partial charge < -0.3 is 4.74 Å². The van der Waals surface area contributed by atoms with Crippen molar-refractivity contribution >= 4 is 0 Å². The normalized spacial score (nSPS) is 31.8. The standard InChI is InChI=1S/C7H11N3O/c8-10-9-4-6-3-7(1-2-7)5-11-6/h6H,1-5H2/t6-/m1/s1. The molecule has 2 rings (SSSR count). The van der Waals surface area contributed by atoms with Crippen LogP contribution in [0.4, 0.5) is 0 Å². The maximum atomic E-state index is 8.08. The van der Waals surface area contributed by atoms with Crippen LogP contribution in [0.2, 0.25) is 0 Å². The molecular formula is C7H11N3O. The molecule has 4 heteroatoms. The highest BCUT2D eigenvalue weighted by Gasteiger charge is 2.48. The van der Waals surface area contributed by atoms with E-state index in [2.05, 4.69) is 10.0 Å². The van der Waals surface area contributed by atoms with E-state index >= 15 is 0 Å². The second kappa shape index (κ2) is 2.40. The fraction of sp³-hybridized carbons (Fsp3) is 1.00. The topological polar surface area (TPSA) is 58.0 Å². The molecule has 2 aliphatic rings. The van der Waals surface area contributed by atoms with E-state index in [0.717, 1.165) is 13.0 Å². The summed E-state index contributed by atoms with van der Waals surface area (Å²) in [5.74, 6) is 0. The van der Waals surface area contributed by atoms with Gasteiger partial charge >= 0.3 is 0 Å². The first-order valence-electron chi connectivity index (χ1n) is 3.97. The van der Waals surface area contributed by atoms with Gasteiger partial charge in [-0.3, -0.25) is 0 Å². The molecule has 1 aliphatic heterocycles. The largest absolute Gasteiger partial charge is 0.377 e. The lowest BCUT2D eigenvalue weighted by Gasteiger charge is -2.02. The Morgan fingerprint density at radius 1 is 1.64 bits per heavy atom. The fourth-order valence-corrected chi connectivity index (χ4v) is 1.67. The molecule has 1 saturated heterocycles. The van der Waals surface area contributed by atoms with Gasteiger partial charge in [-0.15, -0.1) is 0 Å². The molecule has 0 radical (unpaired) electrons. The van der Waals surface area contributed by atoms with E-state index in [1.165, 1.54) is 12.8 Å². The highest BCUT2D eigenvalue weighted by molar-refractivity contribution is 4.99. The maximum absolute atomic E-state index is 8.08. The fourth-order valence-electron chi connectivity index (χ4n) is 1.67. The average Bonchev–Trinajstić information content (AvgIpc) is 2.61.